The molecule has 0 aliphatic carbocycles. The summed E-state index contributed by atoms with van der Waals surface area (Å²) in [4.78, 5) is 11.8. The fourth-order valence-corrected chi connectivity index (χ4v) is 1.54. The van der Waals surface area contributed by atoms with Crippen LogP contribution in [0.4, 0.5) is 17.6 Å². The second-order valence-electron chi connectivity index (χ2n) is 3.70. The maximum Gasteiger partial charge on any atom is 0.322 e. The number of rotatable bonds is 5. The lowest BCUT2D eigenvalue weighted by atomic mass is 10.2. The predicted molar refractivity (Wildman–Crippen MR) is 73.6 cm³/mol. The number of nitrogens with zero attached hydrogens (tertiary/aromatic N) is 3. The minimum Gasteiger partial charge on any atom is -0.497 e. The van der Waals surface area contributed by atoms with Gasteiger partial charge in [-0.15, -0.1) is 0 Å². The largest absolute Gasteiger partial charge is 0.497 e. The predicted octanol–water partition coefficient (Wildman–Crippen LogP) is 1.22. The van der Waals surface area contributed by atoms with Crippen molar-refractivity contribution in [2.24, 2.45) is 0 Å². The molecule has 1 heterocycles. The van der Waals surface area contributed by atoms with Gasteiger partial charge < -0.3 is 25.3 Å². The standard InChI is InChI=1S/C12H15N5O3/c1-18-7-4-5-8(9(6-7)19-2)14-11-15-10(13)16-12(17-11)20-3/h4-6H,1-3H3,(H3,13,14,15,16,17). The first-order chi connectivity index (χ1) is 9.66. The van der Waals surface area contributed by atoms with Crippen molar-refractivity contribution in [3.8, 4) is 17.5 Å². The normalized spacial score (nSPS) is 9.95. The molecule has 8 heteroatoms. The summed E-state index contributed by atoms with van der Waals surface area (Å²) < 4.78 is 15.3. The zero-order valence-corrected chi connectivity index (χ0v) is 11.4. The van der Waals surface area contributed by atoms with Gasteiger partial charge >= 0.3 is 6.01 Å². The maximum atomic E-state index is 5.57. The molecule has 2 aromatic rings. The Kier molecular flexibility index (Phi) is 4.04. The van der Waals surface area contributed by atoms with Crippen LogP contribution in [0.5, 0.6) is 17.5 Å². The van der Waals surface area contributed by atoms with Crippen molar-refractivity contribution >= 4 is 17.6 Å². The highest BCUT2D eigenvalue weighted by molar-refractivity contribution is 5.64. The van der Waals surface area contributed by atoms with Crippen LogP contribution < -0.4 is 25.3 Å². The highest BCUT2D eigenvalue weighted by Gasteiger charge is 2.09. The van der Waals surface area contributed by atoms with Crippen LogP contribution in [-0.2, 0) is 0 Å². The molecule has 0 radical (unpaired) electrons. The van der Waals surface area contributed by atoms with E-state index >= 15 is 0 Å². The average molecular weight is 277 g/mol. The Morgan fingerprint density at radius 3 is 2.45 bits per heavy atom. The summed E-state index contributed by atoms with van der Waals surface area (Å²) in [6, 6.07) is 5.44. The Bertz CT molecular complexity index is 606. The van der Waals surface area contributed by atoms with E-state index in [1.807, 2.05) is 0 Å². The zero-order valence-electron chi connectivity index (χ0n) is 11.4. The third kappa shape index (κ3) is 2.97. The minimum atomic E-state index is 0.0619. The summed E-state index contributed by atoms with van der Waals surface area (Å²) in [7, 11) is 4.59. The maximum absolute atomic E-state index is 5.57. The van der Waals surface area contributed by atoms with Crippen molar-refractivity contribution in [2.75, 3.05) is 32.4 Å². The number of aromatic nitrogens is 3. The number of benzene rings is 1. The molecule has 8 nitrogen and oxygen atoms in total. The van der Waals surface area contributed by atoms with E-state index in [1.165, 1.54) is 7.11 Å². The molecule has 106 valence electrons. The van der Waals surface area contributed by atoms with E-state index in [9.17, 15) is 0 Å². The van der Waals surface area contributed by atoms with Gasteiger partial charge in [0.05, 0.1) is 27.0 Å². The lowest BCUT2D eigenvalue weighted by Gasteiger charge is -2.11. The summed E-state index contributed by atoms with van der Waals surface area (Å²) in [5.41, 5.74) is 6.24. The van der Waals surface area contributed by atoms with Crippen molar-refractivity contribution in [1.29, 1.82) is 0 Å². The van der Waals surface area contributed by atoms with Crippen LogP contribution in [0.15, 0.2) is 18.2 Å². The molecule has 1 aromatic carbocycles. The van der Waals surface area contributed by atoms with Crippen LogP contribution in [0.1, 0.15) is 0 Å². The van der Waals surface area contributed by atoms with Crippen molar-refractivity contribution < 1.29 is 14.2 Å². The Balaban J connectivity index is 2.31. The molecule has 0 unspecified atom stereocenters. The van der Waals surface area contributed by atoms with E-state index in [-0.39, 0.29) is 17.9 Å². The average Bonchev–Trinajstić information content (AvgIpc) is 2.47. The molecule has 2 rings (SSSR count). The Morgan fingerprint density at radius 2 is 1.80 bits per heavy atom. The highest BCUT2D eigenvalue weighted by Crippen LogP contribution is 2.30. The number of anilines is 3. The summed E-state index contributed by atoms with van der Waals surface area (Å²) in [6.45, 7) is 0. The molecule has 0 aliphatic heterocycles. The smallest absolute Gasteiger partial charge is 0.322 e. The van der Waals surface area contributed by atoms with Crippen molar-refractivity contribution in [2.45, 2.75) is 0 Å². The van der Waals surface area contributed by atoms with Gasteiger partial charge in [-0.1, -0.05) is 0 Å². The summed E-state index contributed by atoms with van der Waals surface area (Å²) in [5, 5.41) is 2.99. The third-order valence-corrected chi connectivity index (χ3v) is 2.47. The molecule has 1 aromatic heterocycles. The van der Waals surface area contributed by atoms with Crippen molar-refractivity contribution in [3.63, 3.8) is 0 Å². The van der Waals surface area contributed by atoms with Gasteiger partial charge in [0.2, 0.25) is 11.9 Å². The van der Waals surface area contributed by atoms with E-state index in [2.05, 4.69) is 20.3 Å². The molecule has 0 bridgehead atoms. The molecule has 0 saturated carbocycles. The Labute approximate surface area is 115 Å². The van der Waals surface area contributed by atoms with Gasteiger partial charge in [0, 0.05) is 6.07 Å². The molecule has 0 spiro atoms. The molecule has 3 N–H and O–H groups in total. The fourth-order valence-electron chi connectivity index (χ4n) is 1.54. The van der Waals surface area contributed by atoms with E-state index in [4.69, 9.17) is 19.9 Å². The van der Waals surface area contributed by atoms with E-state index < -0.39 is 0 Å². The van der Waals surface area contributed by atoms with E-state index in [0.29, 0.717) is 17.2 Å². The second kappa shape index (κ2) is 5.91. The topological polar surface area (TPSA) is 104 Å². The van der Waals surface area contributed by atoms with Gasteiger partial charge in [-0.05, 0) is 12.1 Å². The number of nitrogens with two attached hydrogens (primary N) is 1. The number of nitrogen functional groups attached to an aromatic ring is 1. The van der Waals surface area contributed by atoms with E-state index in [0.717, 1.165) is 0 Å². The number of hydrogen-bond acceptors (Lipinski definition) is 8. The first-order valence-electron chi connectivity index (χ1n) is 5.71. The SMILES string of the molecule is COc1ccc(Nc2nc(N)nc(OC)n2)c(OC)c1. The second-order valence-corrected chi connectivity index (χ2v) is 3.70. The lowest BCUT2D eigenvalue weighted by Crippen LogP contribution is -2.05. The van der Waals surface area contributed by atoms with Gasteiger partial charge in [-0.3, -0.25) is 0 Å². The highest BCUT2D eigenvalue weighted by atomic mass is 16.5. The summed E-state index contributed by atoms with van der Waals surface area (Å²) in [5.74, 6) is 1.59. The number of nitrogens with one attached hydrogen (secondary N) is 1. The molecule has 0 atom stereocenters. The van der Waals surface area contributed by atoms with Gasteiger partial charge in [-0.25, -0.2) is 0 Å². The van der Waals surface area contributed by atoms with Crippen LogP contribution in [-0.4, -0.2) is 36.3 Å². The quantitative estimate of drug-likeness (QED) is 0.840. The van der Waals surface area contributed by atoms with Crippen molar-refractivity contribution in [1.82, 2.24) is 15.0 Å². The summed E-state index contributed by atoms with van der Waals surface area (Å²) >= 11 is 0. The third-order valence-electron chi connectivity index (χ3n) is 2.47. The number of methoxy groups -OCH3 is 3. The molecule has 0 fully saturated rings. The Hall–Kier alpha value is -2.77. The van der Waals surface area contributed by atoms with Gasteiger partial charge in [0.15, 0.2) is 0 Å². The zero-order chi connectivity index (χ0) is 14.5. The number of ether oxygens (including phenoxy) is 3. The molecular weight excluding hydrogens is 262 g/mol. The molecule has 0 amide bonds. The van der Waals surface area contributed by atoms with Crippen LogP contribution in [0.25, 0.3) is 0 Å². The molecule has 0 saturated heterocycles. The van der Waals surface area contributed by atoms with Gasteiger partial charge in [0.1, 0.15) is 11.5 Å². The molecular formula is C12H15N5O3. The number of hydrogen-bond donors (Lipinski definition) is 2. The summed E-state index contributed by atoms with van der Waals surface area (Å²) in [6.07, 6.45) is 0. The minimum absolute atomic E-state index is 0.0619. The monoisotopic (exact) mass is 277 g/mol. The first-order valence-corrected chi connectivity index (χ1v) is 5.71. The van der Waals surface area contributed by atoms with Crippen LogP contribution in [0, 0.1) is 0 Å². The van der Waals surface area contributed by atoms with Gasteiger partial charge in [-0.2, -0.15) is 15.0 Å². The van der Waals surface area contributed by atoms with Crippen LogP contribution in [0.3, 0.4) is 0 Å². The molecule has 20 heavy (non-hydrogen) atoms. The van der Waals surface area contributed by atoms with Crippen LogP contribution in [0.2, 0.25) is 0 Å². The van der Waals surface area contributed by atoms with Crippen molar-refractivity contribution in [3.05, 3.63) is 18.2 Å². The fraction of sp³-hybridized carbons (Fsp3) is 0.250. The van der Waals surface area contributed by atoms with E-state index in [1.54, 1.807) is 32.4 Å². The van der Waals surface area contributed by atoms with Crippen LogP contribution >= 0.6 is 0 Å². The Morgan fingerprint density at radius 1 is 1.00 bits per heavy atom. The first kappa shape index (κ1) is 13.7. The lowest BCUT2D eigenvalue weighted by molar-refractivity contribution is 0.379. The molecule has 0 aliphatic rings. The van der Waals surface area contributed by atoms with Gasteiger partial charge in [0.25, 0.3) is 0 Å².